The molecule has 1 aromatic carbocycles. The molecule has 0 radical (unpaired) electrons. The molecule has 0 N–H and O–H groups in total. The van der Waals surface area contributed by atoms with E-state index in [9.17, 15) is 22.8 Å². The van der Waals surface area contributed by atoms with Crippen molar-refractivity contribution < 1.29 is 22.7 Å². The zero-order valence-electron chi connectivity index (χ0n) is 14.3. The van der Waals surface area contributed by atoms with Crippen molar-refractivity contribution in [2.24, 2.45) is 0 Å². The second-order valence-electron chi connectivity index (χ2n) is 6.53. The first kappa shape index (κ1) is 18.8. The molecule has 0 spiro atoms. The van der Waals surface area contributed by atoms with Gasteiger partial charge in [0.2, 0.25) is 0 Å². The lowest BCUT2D eigenvalue weighted by atomic mass is 10.0. The number of nitrogens with zero attached hydrogens (tertiary/aromatic N) is 1. The number of esters is 1. The predicted molar refractivity (Wildman–Crippen MR) is 86.9 cm³/mol. The Morgan fingerprint density at radius 1 is 1.08 bits per heavy atom. The molecule has 0 bridgehead atoms. The van der Waals surface area contributed by atoms with E-state index in [-0.39, 0.29) is 5.69 Å². The molecule has 0 atom stereocenters. The maximum Gasteiger partial charge on any atom is 0.417 e. The van der Waals surface area contributed by atoms with E-state index in [0.29, 0.717) is 11.8 Å². The number of aromatic nitrogens is 1. The van der Waals surface area contributed by atoms with Gasteiger partial charge in [0.1, 0.15) is 5.60 Å². The van der Waals surface area contributed by atoms with Crippen LogP contribution >= 0.6 is 0 Å². The van der Waals surface area contributed by atoms with E-state index in [2.05, 4.69) is 0 Å². The molecule has 0 amide bonds. The van der Waals surface area contributed by atoms with E-state index in [0.717, 1.165) is 4.57 Å². The number of carbonyl (C=O) groups excluding carboxylic acids is 1. The zero-order valence-corrected chi connectivity index (χ0v) is 14.3. The minimum Gasteiger partial charge on any atom is -0.456 e. The molecule has 0 aliphatic carbocycles. The quantitative estimate of drug-likeness (QED) is 0.763. The minimum atomic E-state index is -4.86. The van der Waals surface area contributed by atoms with Crippen molar-refractivity contribution in [3.8, 4) is 5.69 Å². The van der Waals surface area contributed by atoms with E-state index in [4.69, 9.17) is 4.74 Å². The molecule has 25 heavy (non-hydrogen) atoms. The summed E-state index contributed by atoms with van der Waals surface area (Å²) < 4.78 is 46.3. The summed E-state index contributed by atoms with van der Waals surface area (Å²) in [4.78, 5) is 24.7. The number of rotatable bonds is 2. The van der Waals surface area contributed by atoms with Gasteiger partial charge in [0.15, 0.2) is 0 Å². The first-order chi connectivity index (χ1) is 11.4. The van der Waals surface area contributed by atoms with E-state index in [1.165, 1.54) is 6.92 Å². The van der Waals surface area contributed by atoms with Gasteiger partial charge < -0.3 is 4.74 Å². The van der Waals surface area contributed by atoms with Crippen molar-refractivity contribution >= 4 is 5.97 Å². The van der Waals surface area contributed by atoms with Crippen molar-refractivity contribution in [2.75, 3.05) is 0 Å². The Kier molecular flexibility index (Phi) is 4.79. The van der Waals surface area contributed by atoms with Crippen LogP contribution in [0.2, 0.25) is 0 Å². The van der Waals surface area contributed by atoms with Crippen LogP contribution in [-0.4, -0.2) is 16.1 Å². The fourth-order valence-corrected chi connectivity index (χ4v) is 2.44. The van der Waals surface area contributed by atoms with Gasteiger partial charge in [-0.1, -0.05) is 18.2 Å². The number of halogens is 3. The van der Waals surface area contributed by atoms with Crippen molar-refractivity contribution in [2.45, 2.75) is 39.5 Å². The number of hydrogen-bond donors (Lipinski definition) is 0. The molecule has 0 fully saturated rings. The summed E-state index contributed by atoms with van der Waals surface area (Å²) in [6.07, 6.45) is -4.86. The summed E-state index contributed by atoms with van der Waals surface area (Å²) >= 11 is 0. The summed E-state index contributed by atoms with van der Waals surface area (Å²) in [5.74, 6) is -1.12. The molecule has 134 valence electrons. The molecular formula is C18H18F3NO3. The Bertz CT molecular complexity index is 847. The highest BCUT2D eigenvalue weighted by atomic mass is 19.4. The number of alkyl halides is 3. The summed E-state index contributed by atoms with van der Waals surface area (Å²) in [6.45, 7) is 5.96. The number of benzene rings is 1. The topological polar surface area (TPSA) is 48.3 Å². The van der Waals surface area contributed by atoms with Crippen LogP contribution in [0.3, 0.4) is 0 Å². The third-order valence-corrected chi connectivity index (χ3v) is 3.38. The first-order valence-electron chi connectivity index (χ1n) is 7.54. The van der Waals surface area contributed by atoms with Crippen LogP contribution in [0.1, 0.15) is 42.4 Å². The van der Waals surface area contributed by atoms with Gasteiger partial charge in [0.25, 0.3) is 5.56 Å². The molecule has 0 aliphatic heterocycles. The van der Waals surface area contributed by atoms with Gasteiger partial charge in [-0.3, -0.25) is 9.36 Å². The number of para-hydroxylation sites is 1. The first-order valence-corrected chi connectivity index (χ1v) is 7.54. The highest BCUT2D eigenvalue weighted by molar-refractivity contribution is 5.93. The van der Waals surface area contributed by atoms with Crippen molar-refractivity contribution in [1.29, 1.82) is 0 Å². The number of pyridine rings is 1. The van der Waals surface area contributed by atoms with Gasteiger partial charge in [-0.2, -0.15) is 13.2 Å². The molecule has 7 heteroatoms. The van der Waals surface area contributed by atoms with Crippen LogP contribution in [0.5, 0.6) is 0 Å². The Balaban J connectivity index is 2.78. The molecule has 1 aromatic heterocycles. The van der Waals surface area contributed by atoms with Gasteiger partial charge in [-0.15, -0.1) is 0 Å². The summed E-state index contributed by atoms with van der Waals surface area (Å²) in [7, 11) is 0. The monoisotopic (exact) mass is 353 g/mol. The van der Waals surface area contributed by atoms with Crippen LogP contribution in [-0.2, 0) is 10.9 Å². The normalized spacial score (nSPS) is 12.1. The predicted octanol–water partition coefficient (Wildman–Crippen LogP) is 4.12. The fourth-order valence-electron chi connectivity index (χ4n) is 2.44. The van der Waals surface area contributed by atoms with E-state index >= 15 is 0 Å². The maximum atomic E-state index is 13.4. The van der Waals surface area contributed by atoms with Crippen molar-refractivity contribution in [1.82, 2.24) is 4.57 Å². The van der Waals surface area contributed by atoms with Gasteiger partial charge in [0.05, 0.1) is 11.1 Å². The molecular weight excluding hydrogens is 335 g/mol. The Morgan fingerprint density at radius 3 is 2.12 bits per heavy atom. The lowest BCUT2D eigenvalue weighted by Gasteiger charge is -2.23. The van der Waals surface area contributed by atoms with Crippen LogP contribution in [0.4, 0.5) is 13.2 Å². The highest BCUT2D eigenvalue weighted by Gasteiger charge is 2.39. The lowest BCUT2D eigenvalue weighted by molar-refractivity contribution is -0.138. The summed E-state index contributed by atoms with van der Waals surface area (Å²) in [5, 5.41) is 0. The smallest absolute Gasteiger partial charge is 0.417 e. The fraction of sp³-hybridized carbons (Fsp3) is 0.333. The Hall–Kier alpha value is -2.57. The van der Waals surface area contributed by atoms with Gasteiger partial charge in [-0.25, -0.2) is 4.79 Å². The van der Waals surface area contributed by atoms with Crippen molar-refractivity contribution in [3.63, 3.8) is 0 Å². The molecule has 1 heterocycles. The number of hydrogen-bond acceptors (Lipinski definition) is 3. The lowest BCUT2D eigenvalue weighted by Crippen LogP contribution is -2.31. The molecule has 0 unspecified atom stereocenters. The van der Waals surface area contributed by atoms with Gasteiger partial charge in [-0.05, 0) is 39.8 Å². The summed E-state index contributed by atoms with van der Waals surface area (Å²) in [6, 6.07) is 8.57. The molecule has 2 aromatic rings. The second-order valence-corrected chi connectivity index (χ2v) is 6.53. The van der Waals surface area contributed by atoms with Crippen LogP contribution in [0.25, 0.3) is 5.69 Å². The van der Waals surface area contributed by atoms with E-state index in [1.807, 2.05) is 0 Å². The van der Waals surface area contributed by atoms with Crippen molar-refractivity contribution in [3.05, 3.63) is 63.6 Å². The minimum absolute atomic E-state index is 0.125. The average Bonchev–Trinajstić information content (AvgIpc) is 2.44. The second kappa shape index (κ2) is 6.38. The third kappa shape index (κ3) is 4.10. The van der Waals surface area contributed by atoms with Crippen LogP contribution in [0.15, 0.2) is 41.2 Å². The highest BCUT2D eigenvalue weighted by Crippen LogP contribution is 2.33. The van der Waals surface area contributed by atoms with Gasteiger partial charge >= 0.3 is 12.1 Å². The zero-order chi connectivity index (χ0) is 19.0. The maximum absolute atomic E-state index is 13.4. The summed E-state index contributed by atoms with van der Waals surface area (Å²) in [5.41, 5.74) is -3.56. The number of carbonyl (C=O) groups is 1. The van der Waals surface area contributed by atoms with Gasteiger partial charge in [0, 0.05) is 17.4 Å². The largest absolute Gasteiger partial charge is 0.456 e. The number of ether oxygens (including phenoxy) is 1. The average molecular weight is 353 g/mol. The van der Waals surface area contributed by atoms with Crippen LogP contribution < -0.4 is 5.56 Å². The molecule has 0 aliphatic rings. The Morgan fingerprint density at radius 2 is 1.64 bits per heavy atom. The SMILES string of the molecule is Cc1c(C(=O)OC(C)(C)C)c(C(F)(F)F)cc(=O)n1-c1ccccc1. The van der Waals surface area contributed by atoms with Crippen LogP contribution in [0, 0.1) is 6.92 Å². The molecule has 0 saturated carbocycles. The Labute approximate surface area is 142 Å². The molecule has 4 nitrogen and oxygen atoms in total. The molecule has 0 saturated heterocycles. The van der Waals surface area contributed by atoms with E-state index < -0.39 is 34.4 Å². The third-order valence-electron chi connectivity index (χ3n) is 3.38. The molecule has 2 rings (SSSR count). The van der Waals surface area contributed by atoms with E-state index in [1.54, 1.807) is 51.1 Å². The standard InChI is InChI=1S/C18H18F3NO3/c1-11-15(16(24)25-17(2,3)4)13(18(19,20)21)10-14(23)22(11)12-8-6-5-7-9-12/h5-10H,1-4H3.